The molecule has 21 heavy (non-hydrogen) atoms. The van der Waals surface area contributed by atoms with E-state index >= 15 is 0 Å². The van der Waals surface area contributed by atoms with E-state index in [1.807, 2.05) is 19.9 Å². The van der Waals surface area contributed by atoms with Crippen LogP contribution in [0.15, 0.2) is 36.5 Å². The Kier molecular flexibility index (Phi) is 4.46. The number of amides is 1. The predicted octanol–water partition coefficient (Wildman–Crippen LogP) is 2.42. The summed E-state index contributed by atoms with van der Waals surface area (Å²) in [6, 6.07) is 10.4. The summed E-state index contributed by atoms with van der Waals surface area (Å²) in [5.74, 6) is 0.0893. The van der Waals surface area contributed by atoms with Gasteiger partial charge in [-0.1, -0.05) is 0 Å². The van der Waals surface area contributed by atoms with Crippen molar-refractivity contribution in [1.29, 1.82) is 5.26 Å². The average molecular weight is 281 g/mol. The Balaban J connectivity index is 2.10. The average Bonchev–Trinajstić information content (AvgIpc) is 2.47. The molecule has 1 amide bonds. The minimum atomic E-state index is -0.325. The summed E-state index contributed by atoms with van der Waals surface area (Å²) in [5, 5.41) is 14.5. The van der Waals surface area contributed by atoms with Crippen LogP contribution >= 0.6 is 0 Å². The molecule has 0 aliphatic heterocycles. The molecular weight excluding hydrogens is 266 g/mol. The summed E-state index contributed by atoms with van der Waals surface area (Å²) < 4.78 is 0. The van der Waals surface area contributed by atoms with Crippen LogP contribution in [0.25, 0.3) is 0 Å². The van der Waals surface area contributed by atoms with Crippen LogP contribution < -0.4 is 10.6 Å². The monoisotopic (exact) mass is 281 g/mol. The maximum atomic E-state index is 12.1. The van der Waals surface area contributed by atoms with Crippen LogP contribution in [0.3, 0.4) is 0 Å². The number of nitriles is 1. The number of anilines is 2. The molecule has 6 nitrogen and oxygen atoms in total. The minimum Gasteiger partial charge on any atom is -0.352 e. The first-order valence-electron chi connectivity index (χ1n) is 6.49. The molecule has 0 aliphatic carbocycles. The summed E-state index contributed by atoms with van der Waals surface area (Å²) in [4.78, 5) is 20.3. The van der Waals surface area contributed by atoms with Gasteiger partial charge in [0.2, 0.25) is 5.95 Å². The van der Waals surface area contributed by atoms with E-state index in [0.29, 0.717) is 17.2 Å². The lowest BCUT2D eigenvalue weighted by Crippen LogP contribution is -2.17. The van der Waals surface area contributed by atoms with Gasteiger partial charge in [-0.3, -0.25) is 4.79 Å². The molecule has 0 radical (unpaired) electrons. The van der Waals surface area contributed by atoms with Gasteiger partial charge >= 0.3 is 0 Å². The Bertz CT molecular complexity index is 673. The molecule has 0 atom stereocenters. The zero-order valence-corrected chi connectivity index (χ0v) is 11.8. The van der Waals surface area contributed by atoms with Crippen molar-refractivity contribution >= 4 is 17.5 Å². The summed E-state index contributed by atoms with van der Waals surface area (Å²) in [5.41, 5.74) is 1.42. The number of hydrogen-bond donors (Lipinski definition) is 2. The Hall–Kier alpha value is -2.94. The van der Waals surface area contributed by atoms with Gasteiger partial charge in [0.25, 0.3) is 5.91 Å². The third-order valence-corrected chi connectivity index (χ3v) is 2.58. The second-order valence-corrected chi connectivity index (χ2v) is 4.71. The smallest absolute Gasteiger partial charge is 0.274 e. The van der Waals surface area contributed by atoms with Crippen LogP contribution in [0.5, 0.6) is 0 Å². The highest BCUT2D eigenvalue weighted by molar-refractivity contribution is 6.02. The first-order valence-corrected chi connectivity index (χ1v) is 6.49. The quantitative estimate of drug-likeness (QED) is 0.898. The van der Waals surface area contributed by atoms with Crippen LogP contribution in [0.1, 0.15) is 29.9 Å². The van der Waals surface area contributed by atoms with Gasteiger partial charge in [-0.2, -0.15) is 5.26 Å². The number of hydrogen-bond acceptors (Lipinski definition) is 5. The second-order valence-electron chi connectivity index (χ2n) is 4.71. The molecule has 0 bridgehead atoms. The van der Waals surface area contributed by atoms with Crippen molar-refractivity contribution in [3.63, 3.8) is 0 Å². The van der Waals surface area contributed by atoms with E-state index in [1.165, 1.54) is 6.20 Å². The summed E-state index contributed by atoms with van der Waals surface area (Å²) in [6.45, 7) is 3.93. The van der Waals surface area contributed by atoms with Gasteiger partial charge in [0.15, 0.2) is 0 Å². The van der Waals surface area contributed by atoms with Crippen molar-refractivity contribution in [2.75, 3.05) is 10.6 Å². The lowest BCUT2D eigenvalue weighted by atomic mass is 10.2. The number of benzene rings is 1. The largest absolute Gasteiger partial charge is 0.352 e. The number of carbonyl (C=O) groups excluding carboxylic acids is 1. The molecule has 0 spiro atoms. The highest BCUT2D eigenvalue weighted by Crippen LogP contribution is 2.11. The van der Waals surface area contributed by atoms with Gasteiger partial charge in [0.05, 0.1) is 11.6 Å². The van der Waals surface area contributed by atoms with Gasteiger partial charge in [0, 0.05) is 17.9 Å². The summed E-state index contributed by atoms with van der Waals surface area (Å²) in [6.07, 6.45) is 1.53. The van der Waals surface area contributed by atoms with Crippen molar-refractivity contribution in [2.45, 2.75) is 19.9 Å². The zero-order chi connectivity index (χ0) is 15.2. The Labute approximate surface area is 122 Å². The van der Waals surface area contributed by atoms with E-state index in [1.54, 1.807) is 30.3 Å². The van der Waals surface area contributed by atoms with Crippen molar-refractivity contribution in [3.05, 3.63) is 47.8 Å². The topological polar surface area (TPSA) is 90.7 Å². The molecule has 2 aromatic rings. The lowest BCUT2D eigenvalue weighted by Gasteiger charge is -2.09. The van der Waals surface area contributed by atoms with Gasteiger partial charge in [-0.25, -0.2) is 9.97 Å². The Morgan fingerprint density at radius 1 is 1.24 bits per heavy atom. The molecule has 0 saturated heterocycles. The van der Waals surface area contributed by atoms with Crippen LogP contribution in [0, 0.1) is 11.3 Å². The molecule has 106 valence electrons. The number of nitrogens with one attached hydrogen (secondary N) is 2. The third kappa shape index (κ3) is 4.01. The Morgan fingerprint density at radius 2 is 1.95 bits per heavy atom. The van der Waals surface area contributed by atoms with Crippen LogP contribution in [-0.4, -0.2) is 21.9 Å². The van der Waals surface area contributed by atoms with Gasteiger partial charge in [-0.15, -0.1) is 0 Å². The number of carbonyl (C=O) groups is 1. The van der Waals surface area contributed by atoms with Crippen molar-refractivity contribution < 1.29 is 4.79 Å². The first kappa shape index (κ1) is 14.5. The van der Waals surface area contributed by atoms with Crippen molar-refractivity contribution in [1.82, 2.24) is 9.97 Å². The molecule has 0 unspecified atom stereocenters. The molecule has 2 rings (SSSR count). The van der Waals surface area contributed by atoms with Crippen molar-refractivity contribution in [2.24, 2.45) is 0 Å². The van der Waals surface area contributed by atoms with E-state index < -0.39 is 0 Å². The van der Waals surface area contributed by atoms with Crippen LogP contribution in [0.4, 0.5) is 11.6 Å². The fourth-order valence-electron chi connectivity index (χ4n) is 1.64. The zero-order valence-electron chi connectivity index (χ0n) is 11.8. The molecule has 0 saturated carbocycles. The van der Waals surface area contributed by atoms with E-state index in [9.17, 15) is 4.79 Å². The maximum Gasteiger partial charge on any atom is 0.274 e. The lowest BCUT2D eigenvalue weighted by molar-refractivity contribution is 0.102. The minimum absolute atomic E-state index is 0.182. The number of rotatable bonds is 4. The third-order valence-electron chi connectivity index (χ3n) is 2.58. The highest BCUT2D eigenvalue weighted by Gasteiger charge is 2.09. The predicted molar refractivity (Wildman–Crippen MR) is 79.9 cm³/mol. The molecular formula is C15H15N5O. The Morgan fingerprint density at radius 3 is 2.57 bits per heavy atom. The molecule has 0 aliphatic rings. The normalized spacial score (nSPS) is 10.0. The van der Waals surface area contributed by atoms with E-state index in [0.717, 1.165) is 0 Å². The number of aromatic nitrogens is 2. The molecule has 6 heteroatoms. The highest BCUT2D eigenvalue weighted by atomic mass is 16.1. The fourth-order valence-corrected chi connectivity index (χ4v) is 1.64. The number of nitrogens with zero attached hydrogens (tertiary/aromatic N) is 3. The van der Waals surface area contributed by atoms with Crippen LogP contribution in [0.2, 0.25) is 0 Å². The summed E-state index contributed by atoms with van der Waals surface area (Å²) in [7, 11) is 0. The van der Waals surface area contributed by atoms with Gasteiger partial charge < -0.3 is 10.6 Å². The van der Waals surface area contributed by atoms with E-state index in [4.69, 9.17) is 5.26 Å². The SMILES string of the molecule is CC(C)Nc1nccc(C(=O)Nc2ccc(C#N)cc2)n1. The van der Waals surface area contributed by atoms with Gasteiger partial charge in [0.1, 0.15) is 5.69 Å². The van der Waals surface area contributed by atoms with Crippen LogP contribution in [-0.2, 0) is 0 Å². The van der Waals surface area contributed by atoms with E-state index in [-0.39, 0.29) is 17.6 Å². The molecule has 0 fully saturated rings. The van der Waals surface area contributed by atoms with Crippen molar-refractivity contribution in [3.8, 4) is 6.07 Å². The molecule has 2 N–H and O–H groups in total. The maximum absolute atomic E-state index is 12.1. The fraction of sp³-hybridized carbons (Fsp3) is 0.200. The standard InChI is InChI=1S/C15H15N5O/c1-10(2)18-15-17-8-7-13(20-15)14(21)19-12-5-3-11(9-16)4-6-12/h3-8,10H,1-2H3,(H,19,21)(H,17,18,20). The molecule has 1 aromatic heterocycles. The van der Waals surface area contributed by atoms with E-state index in [2.05, 4.69) is 20.6 Å². The molecule has 1 heterocycles. The molecule has 1 aromatic carbocycles. The summed E-state index contributed by atoms with van der Waals surface area (Å²) >= 11 is 0. The second kappa shape index (κ2) is 6.48. The first-order chi connectivity index (χ1) is 10.1. The van der Waals surface area contributed by atoms with Gasteiger partial charge in [-0.05, 0) is 44.2 Å².